The van der Waals surface area contributed by atoms with Crippen molar-refractivity contribution < 1.29 is 43.6 Å². The number of fused-ring (bicyclic) bond motifs is 6. The number of aliphatic hydroxyl groups is 2. The Morgan fingerprint density at radius 2 is 1.95 bits per heavy atom. The van der Waals surface area contributed by atoms with Gasteiger partial charge in [0.25, 0.3) is 0 Å². The molecule has 1 amide bonds. The molecule has 7 unspecified atom stereocenters. The Balaban J connectivity index is 1.03. The fraction of sp³-hybridized carbons (Fsp3) is 0.576. The molecule has 0 saturated heterocycles. The molecule has 1 aromatic rings. The van der Waals surface area contributed by atoms with Crippen LogP contribution >= 0.6 is 0 Å². The molecule has 7 atom stereocenters. The molecular weight excluding hydrogens is 554 g/mol. The van der Waals surface area contributed by atoms with Crippen LogP contribution in [0.2, 0.25) is 0 Å². The molecule has 3 N–H and O–H groups in total. The summed E-state index contributed by atoms with van der Waals surface area (Å²) < 4.78 is 16.0. The van der Waals surface area contributed by atoms with Crippen LogP contribution in [0.5, 0.6) is 11.5 Å². The Hall–Kier alpha value is -3.50. The first-order valence-corrected chi connectivity index (χ1v) is 15.1. The number of ketones is 2. The van der Waals surface area contributed by atoms with Gasteiger partial charge in [0.2, 0.25) is 18.5 Å². The number of ether oxygens (including phenoxy) is 3. The summed E-state index contributed by atoms with van der Waals surface area (Å²) in [5.74, 6) is -0.495. The van der Waals surface area contributed by atoms with E-state index in [0.29, 0.717) is 17.9 Å². The summed E-state index contributed by atoms with van der Waals surface area (Å²) in [6.45, 7) is 3.70. The number of carbonyl (C=O) groups excluding carboxylic acids is 4. The number of hydrogen-bond acceptors (Lipinski definition) is 9. The van der Waals surface area contributed by atoms with Crippen molar-refractivity contribution in [1.82, 2.24) is 5.32 Å². The van der Waals surface area contributed by atoms with Crippen LogP contribution in [-0.4, -0.2) is 58.8 Å². The van der Waals surface area contributed by atoms with E-state index in [0.717, 1.165) is 24.0 Å². The lowest BCUT2D eigenvalue weighted by atomic mass is 9.46. The minimum Gasteiger partial charge on any atom is -0.458 e. The second-order valence-electron chi connectivity index (χ2n) is 13.1. The van der Waals surface area contributed by atoms with Crippen molar-refractivity contribution in [2.24, 2.45) is 28.6 Å². The highest BCUT2D eigenvalue weighted by molar-refractivity contribution is 6.01. The van der Waals surface area contributed by atoms with Gasteiger partial charge in [-0.1, -0.05) is 37.6 Å². The maximum absolute atomic E-state index is 13.4. The van der Waals surface area contributed by atoms with E-state index in [9.17, 15) is 29.4 Å². The average molecular weight is 594 g/mol. The molecule has 0 radical (unpaired) electrons. The highest BCUT2D eigenvalue weighted by Crippen LogP contribution is 2.67. The summed E-state index contributed by atoms with van der Waals surface area (Å²) in [7, 11) is 0. The van der Waals surface area contributed by atoms with Gasteiger partial charge in [-0.25, -0.2) is 0 Å². The van der Waals surface area contributed by atoms with Crippen molar-refractivity contribution in [1.29, 1.82) is 0 Å². The molecule has 3 fully saturated rings. The Bertz CT molecular complexity index is 1420. The van der Waals surface area contributed by atoms with Gasteiger partial charge in [0.1, 0.15) is 5.60 Å². The molecule has 43 heavy (non-hydrogen) atoms. The van der Waals surface area contributed by atoms with Crippen LogP contribution in [0, 0.1) is 28.6 Å². The average Bonchev–Trinajstić information content (AvgIpc) is 3.56. The number of allylic oxidation sites excluding steroid dienone is 4. The number of para-hydroxylation sites is 1. The third-order valence-corrected chi connectivity index (χ3v) is 11.0. The maximum Gasteiger partial charge on any atom is 0.306 e. The molecule has 10 nitrogen and oxygen atoms in total. The lowest BCUT2D eigenvalue weighted by molar-refractivity contribution is -0.181. The SMILES string of the molecule is CC12C=CC(=O)C=C1CCC1C2C(O)CC2(C)C1CCC2(O)C(=O)COC(=O)CCC(=O)NCc1cccc2c1OCO2. The molecule has 1 aliphatic heterocycles. The van der Waals surface area contributed by atoms with Crippen molar-refractivity contribution in [3.63, 3.8) is 0 Å². The van der Waals surface area contributed by atoms with E-state index in [4.69, 9.17) is 14.2 Å². The summed E-state index contributed by atoms with van der Waals surface area (Å²) >= 11 is 0. The first-order valence-electron chi connectivity index (χ1n) is 15.1. The highest BCUT2D eigenvalue weighted by Gasteiger charge is 2.68. The van der Waals surface area contributed by atoms with Gasteiger partial charge < -0.3 is 29.7 Å². The van der Waals surface area contributed by atoms with Crippen molar-refractivity contribution >= 4 is 23.4 Å². The molecule has 230 valence electrons. The molecule has 0 bridgehead atoms. The highest BCUT2D eigenvalue weighted by atomic mass is 16.7. The number of esters is 1. The van der Waals surface area contributed by atoms with Crippen molar-refractivity contribution in [2.45, 2.75) is 77.0 Å². The van der Waals surface area contributed by atoms with Crippen LogP contribution in [0.25, 0.3) is 0 Å². The molecule has 0 aromatic heterocycles. The van der Waals surface area contributed by atoms with Crippen LogP contribution in [-0.2, 0) is 30.5 Å². The lowest BCUT2D eigenvalue weighted by Gasteiger charge is -2.59. The number of amides is 1. The van der Waals surface area contributed by atoms with Crippen LogP contribution in [0.1, 0.15) is 64.4 Å². The largest absolute Gasteiger partial charge is 0.458 e. The number of aliphatic hydroxyl groups excluding tert-OH is 1. The van der Waals surface area contributed by atoms with Gasteiger partial charge in [-0.2, -0.15) is 0 Å². The molecule has 1 heterocycles. The molecule has 5 aliphatic rings. The molecule has 4 aliphatic carbocycles. The molecule has 0 spiro atoms. The van der Waals surface area contributed by atoms with Crippen molar-refractivity contribution in [2.75, 3.05) is 13.4 Å². The second-order valence-corrected chi connectivity index (χ2v) is 13.1. The van der Waals surface area contributed by atoms with E-state index < -0.39 is 40.9 Å². The third kappa shape index (κ3) is 4.88. The van der Waals surface area contributed by atoms with E-state index in [1.54, 1.807) is 24.3 Å². The zero-order valence-corrected chi connectivity index (χ0v) is 24.6. The van der Waals surface area contributed by atoms with Gasteiger partial charge in [-0.15, -0.1) is 0 Å². The van der Waals surface area contributed by atoms with E-state index in [2.05, 4.69) is 12.2 Å². The Labute approximate surface area is 250 Å². The quantitative estimate of drug-likeness (QED) is 0.387. The van der Waals surface area contributed by atoms with Crippen LogP contribution < -0.4 is 14.8 Å². The third-order valence-electron chi connectivity index (χ3n) is 11.0. The fourth-order valence-corrected chi connectivity index (χ4v) is 8.75. The Morgan fingerprint density at radius 3 is 2.77 bits per heavy atom. The molecular formula is C33H39NO9. The molecule has 10 heteroatoms. The zero-order valence-electron chi connectivity index (χ0n) is 24.6. The number of rotatable bonds is 8. The van der Waals surface area contributed by atoms with Crippen LogP contribution in [0.3, 0.4) is 0 Å². The van der Waals surface area contributed by atoms with Crippen LogP contribution in [0.15, 0.2) is 42.0 Å². The summed E-state index contributed by atoms with van der Waals surface area (Å²) in [6, 6.07) is 5.40. The fourth-order valence-electron chi connectivity index (χ4n) is 8.75. The molecule has 6 rings (SSSR count). The first-order chi connectivity index (χ1) is 20.5. The van der Waals surface area contributed by atoms with Gasteiger partial charge in [-0.05, 0) is 62.2 Å². The minimum absolute atomic E-state index is 0.00135. The Morgan fingerprint density at radius 1 is 1.14 bits per heavy atom. The normalized spacial score (nSPS) is 35.3. The first kappa shape index (κ1) is 29.6. The maximum atomic E-state index is 13.4. The summed E-state index contributed by atoms with van der Waals surface area (Å²) in [5.41, 5.74) is -1.25. The number of hydrogen-bond donors (Lipinski definition) is 3. The predicted octanol–water partition coefficient (Wildman–Crippen LogP) is 2.93. The monoisotopic (exact) mass is 593 g/mol. The van der Waals surface area contributed by atoms with Crippen molar-refractivity contribution in [3.8, 4) is 11.5 Å². The smallest absolute Gasteiger partial charge is 0.306 e. The zero-order chi connectivity index (χ0) is 30.6. The number of Topliss-reactive ketones (excluding diaryl/α,β-unsaturated/α-hetero) is 1. The van der Waals surface area contributed by atoms with E-state index >= 15 is 0 Å². The lowest BCUT2D eigenvalue weighted by Crippen LogP contribution is -2.61. The standard InChI is InChI=1S/C33H39NO9/c1-31-12-10-21(35)14-20(31)6-7-22-23-11-13-33(40,32(23,2)15-24(36)29(22)31)26(37)17-41-28(39)9-8-27(38)34-16-19-4-3-5-25-30(19)43-18-42-25/h3-5,10,12,14,22-24,29,36,40H,6-9,11,13,15-18H2,1-2H3,(H,34,38). The van der Waals surface area contributed by atoms with Gasteiger partial charge >= 0.3 is 5.97 Å². The molecule has 1 aromatic carbocycles. The van der Waals surface area contributed by atoms with Gasteiger partial charge in [0.15, 0.2) is 23.9 Å². The topological polar surface area (TPSA) is 148 Å². The summed E-state index contributed by atoms with van der Waals surface area (Å²) in [4.78, 5) is 50.3. The van der Waals surface area contributed by atoms with E-state index in [1.807, 2.05) is 19.1 Å². The van der Waals surface area contributed by atoms with E-state index in [-0.39, 0.29) is 68.5 Å². The van der Waals surface area contributed by atoms with Crippen molar-refractivity contribution in [3.05, 3.63) is 47.6 Å². The van der Waals surface area contributed by atoms with Crippen LogP contribution in [0.4, 0.5) is 0 Å². The Kier molecular flexibility index (Phi) is 7.49. The minimum atomic E-state index is -1.74. The summed E-state index contributed by atoms with van der Waals surface area (Å²) in [6.07, 6.45) is 6.71. The number of carbonyl (C=O) groups is 4. The van der Waals surface area contributed by atoms with E-state index in [1.165, 1.54) is 0 Å². The number of nitrogens with one attached hydrogen (secondary N) is 1. The predicted molar refractivity (Wildman–Crippen MR) is 153 cm³/mol. The summed E-state index contributed by atoms with van der Waals surface area (Å²) in [5, 5.41) is 26.1. The number of benzene rings is 1. The second kappa shape index (κ2) is 10.9. The van der Waals surface area contributed by atoms with Gasteiger partial charge in [0, 0.05) is 35.3 Å². The molecule has 3 saturated carbocycles. The van der Waals surface area contributed by atoms with Gasteiger partial charge in [-0.3, -0.25) is 19.2 Å². The van der Waals surface area contributed by atoms with Gasteiger partial charge in [0.05, 0.1) is 12.5 Å².